The molecule has 0 radical (unpaired) electrons. The molecule has 1 nitrogen and oxygen atoms in total. The second-order valence-corrected chi connectivity index (χ2v) is 4.81. The fraction of sp³-hybridized carbons (Fsp3) is 0.467. The van der Waals surface area contributed by atoms with E-state index in [1.165, 1.54) is 16.7 Å². The third kappa shape index (κ3) is 4.63. The van der Waals surface area contributed by atoms with Crippen molar-refractivity contribution in [2.24, 2.45) is 0 Å². The van der Waals surface area contributed by atoms with Crippen LogP contribution in [0.4, 0.5) is 0 Å². The minimum Gasteiger partial charge on any atom is -0.309 e. The molecule has 0 aromatic heterocycles. The van der Waals surface area contributed by atoms with Crippen molar-refractivity contribution in [1.29, 1.82) is 0 Å². The van der Waals surface area contributed by atoms with Crippen LogP contribution in [0.25, 0.3) is 0 Å². The van der Waals surface area contributed by atoms with Crippen LogP contribution in [0.5, 0.6) is 0 Å². The molecule has 0 amide bonds. The number of nitrogens with one attached hydrogen (secondary N) is 1. The van der Waals surface area contributed by atoms with Crippen molar-refractivity contribution < 1.29 is 0 Å². The third-order valence-corrected chi connectivity index (χ3v) is 2.63. The van der Waals surface area contributed by atoms with Crippen LogP contribution >= 0.6 is 0 Å². The van der Waals surface area contributed by atoms with Gasteiger partial charge in [-0.1, -0.05) is 49.8 Å². The van der Waals surface area contributed by atoms with Crippen molar-refractivity contribution in [2.75, 3.05) is 6.54 Å². The van der Waals surface area contributed by atoms with Gasteiger partial charge in [-0.05, 0) is 30.9 Å². The van der Waals surface area contributed by atoms with Gasteiger partial charge in [0.1, 0.15) is 0 Å². The van der Waals surface area contributed by atoms with Crippen LogP contribution in [0.3, 0.4) is 0 Å². The van der Waals surface area contributed by atoms with E-state index in [4.69, 9.17) is 0 Å². The summed E-state index contributed by atoms with van der Waals surface area (Å²) in [5, 5.41) is 3.41. The average Bonchev–Trinajstić information content (AvgIpc) is 2.25. The van der Waals surface area contributed by atoms with Crippen LogP contribution in [0.2, 0.25) is 0 Å². The molecule has 1 rings (SSSR count). The van der Waals surface area contributed by atoms with Gasteiger partial charge in [0.05, 0.1) is 0 Å². The number of hydrogen-bond donors (Lipinski definition) is 1. The van der Waals surface area contributed by atoms with Crippen LogP contribution in [0, 0.1) is 0 Å². The van der Waals surface area contributed by atoms with E-state index in [0.29, 0.717) is 5.92 Å². The zero-order chi connectivity index (χ0) is 12.0. The largest absolute Gasteiger partial charge is 0.309 e. The summed E-state index contributed by atoms with van der Waals surface area (Å²) < 4.78 is 0. The van der Waals surface area contributed by atoms with E-state index in [-0.39, 0.29) is 0 Å². The molecule has 0 spiro atoms. The molecule has 0 unspecified atom stereocenters. The van der Waals surface area contributed by atoms with Crippen molar-refractivity contribution in [3.05, 3.63) is 47.0 Å². The molecule has 0 bridgehead atoms. The molecule has 0 aliphatic rings. The predicted octanol–water partition coefficient (Wildman–Crippen LogP) is 3.87. The van der Waals surface area contributed by atoms with Gasteiger partial charge in [-0.15, -0.1) is 0 Å². The van der Waals surface area contributed by atoms with Crippen molar-refractivity contribution in [3.8, 4) is 0 Å². The Labute approximate surface area is 99.6 Å². The van der Waals surface area contributed by atoms with Crippen LogP contribution in [0.1, 0.15) is 44.7 Å². The van der Waals surface area contributed by atoms with Gasteiger partial charge in [0.2, 0.25) is 0 Å². The van der Waals surface area contributed by atoms with Crippen molar-refractivity contribution in [2.45, 2.75) is 40.2 Å². The molecule has 1 N–H and O–H groups in total. The molecule has 0 fully saturated rings. The second-order valence-electron chi connectivity index (χ2n) is 4.81. The molecule has 16 heavy (non-hydrogen) atoms. The van der Waals surface area contributed by atoms with Gasteiger partial charge in [-0.25, -0.2) is 0 Å². The quantitative estimate of drug-likeness (QED) is 0.583. The summed E-state index contributed by atoms with van der Waals surface area (Å²) in [6, 6.07) is 8.88. The first-order valence-corrected chi connectivity index (χ1v) is 6.02. The summed E-state index contributed by atoms with van der Waals surface area (Å²) >= 11 is 0. The molecule has 0 atom stereocenters. The number of allylic oxidation sites excluding steroid dienone is 1. The summed E-state index contributed by atoms with van der Waals surface area (Å²) in [7, 11) is 0. The van der Waals surface area contributed by atoms with Crippen molar-refractivity contribution in [1.82, 2.24) is 5.32 Å². The second kappa shape index (κ2) is 6.49. The van der Waals surface area contributed by atoms with Gasteiger partial charge in [-0.2, -0.15) is 0 Å². The Hall–Kier alpha value is -1.08. The summed E-state index contributed by atoms with van der Waals surface area (Å²) in [6.07, 6.45) is 2.21. The van der Waals surface area contributed by atoms with Crippen LogP contribution in [-0.4, -0.2) is 6.54 Å². The molecule has 1 heteroatoms. The van der Waals surface area contributed by atoms with Gasteiger partial charge < -0.3 is 5.32 Å². The van der Waals surface area contributed by atoms with Gasteiger partial charge in [0.15, 0.2) is 0 Å². The maximum absolute atomic E-state index is 3.41. The Balaban J connectivity index is 2.41. The highest BCUT2D eigenvalue weighted by Gasteiger charge is 1.98. The lowest BCUT2D eigenvalue weighted by Gasteiger charge is -2.07. The molecule has 0 aliphatic heterocycles. The third-order valence-electron chi connectivity index (χ3n) is 2.63. The van der Waals surface area contributed by atoms with E-state index < -0.39 is 0 Å². The summed E-state index contributed by atoms with van der Waals surface area (Å²) in [4.78, 5) is 0. The first-order chi connectivity index (χ1) is 7.59. The van der Waals surface area contributed by atoms with E-state index in [9.17, 15) is 0 Å². The first kappa shape index (κ1) is 13.0. The monoisotopic (exact) mass is 217 g/mol. The Bertz CT molecular complexity index is 329. The lowest BCUT2D eigenvalue weighted by Crippen LogP contribution is -2.13. The maximum atomic E-state index is 3.41. The lowest BCUT2D eigenvalue weighted by molar-refractivity contribution is 0.755. The van der Waals surface area contributed by atoms with Crippen molar-refractivity contribution in [3.63, 3.8) is 0 Å². The zero-order valence-corrected chi connectivity index (χ0v) is 10.9. The fourth-order valence-corrected chi connectivity index (χ4v) is 1.51. The van der Waals surface area contributed by atoms with Crippen LogP contribution in [0.15, 0.2) is 35.9 Å². The Morgan fingerprint density at radius 1 is 1.19 bits per heavy atom. The highest BCUT2D eigenvalue weighted by molar-refractivity contribution is 5.24. The van der Waals surface area contributed by atoms with E-state index in [2.05, 4.69) is 63.4 Å². The minimum absolute atomic E-state index is 0.618. The summed E-state index contributed by atoms with van der Waals surface area (Å²) in [6.45, 7) is 10.6. The maximum Gasteiger partial charge on any atom is 0.0208 e. The molecule has 88 valence electrons. The van der Waals surface area contributed by atoms with E-state index in [1.807, 2.05) is 0 Å². The standard InChI is InChI=1S/C15H23N/c1-12(2)9-10-16-11-14-5-7-15(8-6-14)13(3)4/h5-9,13,16H,10-11H2,1-4H3. The molecule has 0 saturated carbocycles. The average molecular weight is 217 g/mol. The first-order valence-electron chi connectivity index (χ1n) is 6.02. The smallest absolute Gasteiger partial charge is 0.0208 e. The van der Waals surface area contributed by atoms with E-state index in [0.717, 1.165) is 13.1 Å². The molecule has 0 aliphatic carbocycles. The van der Waals surface area contributed by atoms with Crippen LogP contribution < -0.4 is 5.32 Å². The topological polar surface area (TPSA) is 12.0 Å². The normalized spacial score (nSPS) is 10.6. The molecule has 1 aromatic carbocycles. The van der Waals surface area contributed by atoms with Gasteiger partial charge >= 0.3 is 0 Å². The summed E-state index contributed by atoms with van der Waals surface area (Å²) in [5.74, 6) is 0.618. The molecular weight excluding hydrogens is 194 g/mol. The van der Waals surface area contributed by atoms with Crippen LogP contribution in [-0.2, 0) is 6.54 Å². The van der Waals surface area contributed by atoms with E-state index in [1.54, 1.807) is 0 Å². The summed E-state index contributed by atoms with van der Waals surface area (Å²) in [5.41, 5.74) is 4.13. The zero-order valence-electron chi connectivity index (χ0n) is 10.9. The van der Waals surface area contributed by atoms with Crippen molar-refractivity contribution >= 4 is 0 Å². The predicted molar refractivity (Wildman–Crippen MR) is 71.7 cm³/mol. The molecule has 0 saturated heterocycles. The minimum atomic E-state index is 0.618. The fourth-order valence-electron chi connectivity index (χ4n) is 1.51. The molecule has 0 heterocycles. The molecule has 1 aromatic rings. The number of benzene rings is 1. The Morgan fingerprint density at radius 3 is 2.31 bits per heavy atom. The number of rotatable bonds is 5. The highest BCUT2D eigenvalue weighted by atomic mass is 14.8. The van der Waals surface area contributed by atoms with E-state index >= 15 is 0 Å². The number of hydrogen-bond acceptors (Lipinski definition) is 1. The van der Waals surface area contributed by atoms with Gasteiger partial charge in [0, 0.05) is 13.1 Å². The van der Waals surface area contributed by atoms with Gasteiger partial charge in [0.25, 0.3) is 0 Å². The highest BCUT2D eigenvalue weighted by Crippen LogP contribution is 2.14. The Kier molecular flexibility index (Phi) is 5.27. The van der Waals surface area contributed by atoms with Gasteiger partial charge in [-0.3, -0.25) is 0 Å². The Morgan fingerprint density at radius 2 is 1.81 bits per heavy atom. The SMILES string of the molecule is CC(C)=CCNCc1ccc(C(C)C)cc1. The lowest BCUT2D eigenvalue weighted by atomic mass is 10.0. The molecular formula is C15H23N.